The molecule has 2 rings (SSSR count). The fourth-order valence-corrected chi connectivity index (χ4v) is 2.58. The van der Waals surface area contributed by atoms with Crippen molar-refractivity contribution in [2.45, 2.75) is 44.8 Å². The molecular weight excluding hydrogens is 190 g/mol. The number of hydrogen-bond donors (Lipinski definition) is 1. The Morgan fingerprint density at radius 1 is 1.27 bits per heavy atom. The monoisotopic (exact) mass is 213 g/mol. The molecule has 2 fully saturated rings. The summed E-state index contributed by atoms with van der Waals surface area (Å²) in [6.07, 6.45) is 5.70. The van der Waals surface area contributed by atoms with Crippen LogP contribution in [0.25, 0.3) is 0 Å². The molecule has 0 bridgehead atoms. The zero-order chi connectivity index (χ0) is 10.5. The van der Waals surface area contributed by atoms with Crippen molar-refractivity contribution < 1.29 is 9.47 Å². The number of hydrogen-bond acceptors (Lipinski definition) is 3. The van der Waals surface area contributed by atoms with Gasteiger partial charge in [0.25, 0.3) is 0 Å². The van der Waals surface area contributed by atoms with Gasteiger partial charge < -0.3 is 14.8 Å². The normalized spacial score (nSPS) is 37.0. The average molecular weight is 213 g/mol. The van der Waals surface area contributed by atoms with Gasteiger partial charge in [-0.3, -0.25) is 0 Å². The molecule has 0 aromatic rings. The molecule has 0 spiro atoms. The first-order chi connectivity index (χ1) is 7.38. The van der Waals surface area contributed by atoms with Crippen molar-refractivity contribution in [3.05, 3.63) is 0 Å². The van der Waals surface area contributed by atoms with Crippen LogP contribution in [-0.2, 0) is 9.47 Å². The zero-order valence-electron chi connectivity index (χ0n) is 9.71. The van der Waals surface area contributed by atoms with Crippen LogP contribution in [0.3, 0.4) is 0 Å². The van der Waals surface area contributed by atoms with Gasteiger partial charge in [0, 0.05) is 12.6 Å². The van der Waals surface area contributed by atoms with Crippen LogP contribution in [0.2, 0.25) is 0 Å². The summed E-state index contributed by atoms with van der Waals surface area (Å²) in [5.74, 6) is 0.950. The highest BCUT2D eigenvalue weighted by Gasteiger charge is 2.24. The highest BCUT2D eigenvalue weighted by Crippen LogP contribution is 2.27. The van der Waals surface area contributed by atoms with E-state index in [1.807, 2.05) is 0 Å². The van der Waals surface area contributed by atoms with Crippen LogP contribution in [0.1, 0.15) is 32.6 Å². The van der Waals surface area contributed by atoms with Gasteiger partial charge in [-0.2, -0.15) is 0 Å². The van der Waals surface area contributed by atoms with Gasteiger partial charge >= 0.3 is 0 Å². The molecule has 0 aromatic heterocycles. The summed E-state index contributed by atoms with van der Waals surface area (Å²) in [5.41, 5.74) is 0. The lowest BCUT2D eigenvalue weighted by Crippen LogP contribution is -2.40. The molecule has 1 heterocycles. The van der Waals surface area contributed by atoms with Gasteiger partial charge in [0.15, 0.2) is 0 Å². The first-order valence-electron chi connectivity index (χ1n) is 6.31. The first kappa shape index (κ1) is 11.4. The molecular formula is C12H23NO2. The Balaban J connectivity index is 1.61. The Hall–Kier alpha value is -0.120. The fraction of sp³-hybridized carbons (Fsp3) is 1.00. The lowest BCUT2D eigenvalue weighted by atomic mass is 10.1. The van der Waals surface area contributed by atoms with E-state index >= 15 is 0 Å². The number of nitrogens with one attached hydrogen (secondary N) is 1. The van der Waals surface area contributed by atoms with E-state index in [0.29, 0.717) is 0 Å². The molecule has 15 heavy (non-hydrogen) atoms. The van der Waals surface area contributed by atoms with Crippen molar-refractivity contribution in [3.8, 4) is 0 Å². The summed E-state index contributed by atoms with van der Waals surface area (Å²) >= 11 is 0. The van der Waals surface area contributed by atoms with Gasteiger partial charge in [0.2, 0.25) is 0 Å². The third-order valence-corrected chi connectivity index (χ3v) is 3.64. The Morgan fingerprint density at radius 3 is 2.87 bits per heavy atom. The quantitative estimate of drug-likeness (QED) is 0.769. The number of rotatable bonds is 4. The van der Waals surface area contributed by atoms with Gasteiger partial charge in [-0.25, -0.2) is 0 Å². The van der Waals surface area contributed by atoms with E-state index in [2.05, 4.69) is 12.2 Å². The lowest BCUT2D eigenvalue weighted by molar-refractivity contribution is -0.0870. The lowest BCUT2D eigenvalue weighted by Gasteiger charge is -2.24. The molecule has 3 atom stereocenters. The molecule has 88 valence electrons. The minimum absolute atomic E-state index is 0.277. The molecule has 1 N–H and O–H groups in total. The molecule has 1 aliphatic heterocycles. The van der Waals surface area contributed by atoms with E-state index in [1.54, 1.807) is 0 Å². The summed E-state index contributed by atoms with van der Waals surface area (Å²) in [6.45, 7) is 5.54. The minimum atomic E-state index is 0.277. The van der Waals surface area contributed by atoms with Gasteiger partial charge in [-0.05, 0) is 25.2 Å². The molecule has 3 unspecified atom stereocenters. The van der Waals surface area contributed by atoms with Crippen LogP contribution in [0.4, 0.5) is 0 Å². The molecule has 3 heteroatoms. The fourth-order valence-electron chi connectivity index (χ4n) is 2.58. The van der Waals surface area contributed by atoms with Crippen LogP contribution in [0, 0.1) is 5.92 Å². The smallest absolute Gasteiger partial charge is 0.0933 e. The van der Waals surface area contributed by atoms with E-state index in [-0.39, 0.29) is 6.10 Å². The van der Waals surface area contributed by atoms with Gasteiger partial charge in [0.05, 0.1) is 25.9 Å². The second kappa shape index (κ2) is 5.83. The van der Waals surface area contributed by atoms with Gasteiger partial charge in [-0.1, -0.05) is 13.3 Å². The minimum Gasteiger partial charge on any atom is -0.376 e. The van der Waals surface area contributed by atoms with E-state index < -0.39 is 0 Å². The second-order valence-electron chi connectivity index (χ2n) is 4.76. The molecule has 3 nitrogen and oxygen atoms in total. The Morgan fingerprint density at radius 2 is 2.20 bits per heavy atom. The standard InChI is InChI=1S/C12H23NO2/c1-2-10-3-4-11(7-10)13-8-12-9-14-5-6-15-12/h10-13H,2-9H2,1H3. The van der Waals surface area contributed by atoms with Crippen molar-refractivity contribution in [1.82, 2.24) is 5.32 Å². The molecule has 2 aliphatic rings. The Kier molecular flexibility index (Phi) is 4.42. The van der Waals surface area contributed by atoms with E-state index in [4.69, 9.17) is 9.47 Å². The molecule has 1 aliphatic carbocycles. The van der Waals surface area contributed by atoms with Gasteiger partial charge in [-0.15, -0.1) is 0 Å². The third-order valence-electron chi connectivity index (χ3n) is 3.64. The topological polar surface area (TPSA) is 30.5 Å². The maximum absolute atomic E-state index is 5.60. The summed E-state index contributed by atoms with van der Waals surface area (Å²) in [7, 11) is 0. The SMILES string of the molecule is CCC1CCC(NCC2COCCO2)C1. The summed E-state index contributed by atoms with van der Waals surface area (Å²) in [6, 6.07) is 0.723. The van der Waals surface area contributed by atoms with Crippen molar-refractivity contribution in [1.29, 1.82) is 0 Å². The predicted octanol–water partition coefficient (Wildman–Crippen LogP) is 1.57. The highest BCUT2D eigenvalue weighted by molar-refractivity contribution is 4.81. The maximum atomic E-state index is 5.60. The van der Waals surface area contributed by atoms with E-state index in [1.165, 1.54) is 25.7 Å². The zero-order valence-corrected chi connectivity index (χ0v) is 9.71. The number of ether oxygens (including phenoxy) is 2. The average Bonchev–Trinajstić information content (AvgIpc) is 2.76. The second-order valence-corrected chi connectivity index (χ2v) is 4.76. The third kappa shape index (κ3) is 3.44. The summed E-state index contributed by atoms with van der Waals surface area (Å²) in [4.78, 5) is 0. The molecule has 1 saturated heterocycles. The van der Waals surface area contributed by atoms with Crippen molar-refractivity contribution in [3.63, 3.8) is 0 Å². The molecule has 0 amide bonds. The summed E-state index contributed by atoms with van der Waals surface area (Å²) in [5, 5.41) is 3.61. The van der Waals surface area contributed by atoms with E-state index in [9.17, 15) is 0 Å². The summed E-state index contributed by atoms with van der Waals surface area (Å²) < 4.78 is 11.0. The highest BCUT2D eigenvalue weighted by atomic mass is 16.6. The van der Waals surface area contributed by atoms with Crippen LogP contribution < -0.4 is 5.32 Å². The Labute approximate surface area is 92.5 Å². The first-order valence-corrected chi connectivity index (χ1v) is 6.31. The largest absolute Gasteiger partial charge is 0.376 e. The predicted molar refractivity (Wildman–Crippen MR) is 60.0 cm³/mol. The van der Waals surface area contributed by atoms with E-state index in [0.717, 1.165) is 38.3 Å². The molecule has 0 aromatic carbocycles. The van der Waals surface area contributed by atoms with Crippen molar-refractivity contribution in [2.75, 3.05) is 26.4 Å². The van der Waals surface area contributed by atoms with Gasteiger partial charge in [0.1, 0.15) is 0 Å². The van der Waals surface area contributed by atoms with Crippen LogP contribution in [0.5, 0.6) is 0 Å². The Bertz CT molecular complexity index is 180. The van der Waals surface area contributed by atoms with Crippen LogP contribution in [0.15, 0.2) is 0 Å². The van der Waals surface area contributed by atoms with Crippen LogP contribution in [-0.4, -0.2) is 38.5 Å². The van der Waals surface area contributed by atoms with Crippen LogP contribution >= 0.6 is 0 Å². The molecule has 0 radical (unpaired) electrons. The maximum Gasteiger partial charge on any atom is 0.0933 e. The van der Waals surface area contributed by atoms with Crippen molar-refractivity contribution >= 4 is 0 Å². The van der Waals surface area contributed by atoms with Crippen molar-refractivity contribution in [2.24, 2.45) is 5.92 Å². The molecule has 1 saturated carbocycles.